The molecule has 2 atom stereocenters. The second-order valence-electron chi connectivity index (χ2n) is 6.72. The molecule has 3 rings (SSSR count). The van der Waals surface area contributed by atoms with Crippen LogP contribution in [0.1, 0.15) is 56.6 Å². The molecule has 2 aliphatic rings. The smallest absolute Gasteiger partial charge is 0.122 e. The minimum atomic E-state index is 0.760. The van der Waals surface area contributed by atoms with Gasteiger partial charge in [0, 0.05) is 12.5 Å². The van der Waals surface area contributed by atoms with Crippen LogP contribution in [0.4, 0.5) is 0 Å². The van der Waals surface area contributed by atoms with Crippen molar-refractivity contribution in [1.82, 2.24) is 5.32 Å². The lowest BCUT2D eigenvalue weighted by Gasteiger charge is -2.20. The number of ether oxygens (including phenoxy) is 1. The highest BCUT2D eigenvalue weighted by molar-refractivity contribution is 5.39. The normalized spacial score (nSPS) is 25.2. The number of fused-ring (bicyclic) bond motifs is 1. The molecule has 0 bridgehead atoms. The predicted octanol–water partition coefficient (Wildman–Crippen LogP) is 4.11. The van der Waals surface area contributed by atoms with E-state index in [4.69, 9.17) is 4.74 Å². The fraction of sp³-hybridized carbons (Fsp3) is 0.684. The van der Waals surface area contributed by atoms with Gasteiger partial charge in [-0.05, 0) is 55.3 Å². The number of aryl methyl sites for hydroxylation is 1. The van der Waals surface area contributed by atoms with Crippen LogP contribution >= 0.6 is 0 Å². The first-order chi connectivity index (χ1) is 10.3. The standard InChI is InChI=1S/C19H29NO/c1-2-20-18-6-4-3-5-15(14-18)7-8-16-9-10-19-17(13-16)11-12-21-19/h9-10,13,15,18,20H,2-8,11-12,14H2,1H3. The molecule has 2 unspecified atom stereocenters. The van der Waals surface area contributed by atoms with Crippen molar-refractivity contribution in [3.05, 3.63) is 29.3 Å². The molecule has 21 heavy (non-hydrogen) atoms. The van der Waals surface area contributed by atoms with Gasteiger partial charge in [0.05, 0.1) is 6.61 Å². The van der Waals surface area contributed by atoms with Gasteiger partial charge in [-0.2, -0.15) is 0 Å². The van der Waals surface area contributed by atoms with Crippen molar-refractivity contribution in [3.63, 3.8) is 0 Å². The summed E-state index contributed by atoms with van der Waals surface area (Å²) in [7, 11) is 0. The Kier molecular flexibility index (Phi) is 5.18. The Labute approximate surface area is 129 Å². The molecule has 1 aromatic carbocycles. The largest absolute Gasteiger partial charge is 0.493 e. The van der Waals surface area contributed by atoms with Crippen molar-refractivity contribution in [2.24, 2.45) is 5.92 Å². The Morgan fingerprint density at radius 3 is 3.05 bits per heavy atom. The Balaban J connectivity index is 1.53. The van der Waals surface area contributed by atoms with E-state index >= 15 is 0 Å². The van der Waals surface area contributed by atoms with Gasteiger partial charge in [-0.25, -0.2) is 0 Å². The van der Waals surface area contributed by atoms with Crippen LogP contribution in [0.15, 0.2) is 18.2 Å². The Morgan fingerprint density at radius 1 is 1.24 bits per heavy atom. The van der Waals surface area contributed by atoms with Crippen LogP contribution in [-0.2, 0) is 12.8 Å². The Bertz CT molecular complexity index is 457. The third kappa shape index (κ3) is 4.00. The third-order valence-corrected chi connectivity index (χ3v) is 5.12. The molecule has 0 spiro atoms. The zero-order valence-corrected chi connectivity index (χ0v) is 13.4. The van der Waals surface area contributed by atoms with Gasteiger partial charge in [-0.3, -0.25) is 0 Å². The van der Waals surface area contributed by atoms with Gasteiger partial charge in [0.1, 0.15) is 5.75 Å². The quantitative estimate of drug-likeness (QED) is 0.823. The number of rotatable bonds is 5. The maximum absolute atomic E-state index is 5.60. The average Bonchev–Trinajstić information content (AvgIpc) is 2.85. The first-order valence-corrected chi connectivity index (χ1v) is 8.83. The van der Waals surface area contributed by atoms with E-state index in [0.29, 0.717) is 0 Å². The monoisotopic (exact) mass is 287 g/mol. The fourth-order valence-electron chi connectivity index (χ4n) is 3.96. The Morgan fingerprint density at radius 2 is 2.14 bits per heavy atom. The van der Waals surface area contributed by atoms with Gasteiger partial charge < -0.3 is 10.1 Å². The molecule has 2 nitrogen and oxygen atoms in total. The van der Waals surface area contributed by atoms with Crippen LogP contribution in [0.3, 0.4) is 0 Å². The highest BCUT2D eigenvalue weighted by Crippen LogP contribution is 2.29. The van der Waals surface area contributed by atoms with Crippen LogP contribution in [0, 0.1) is 5.92 Å². The van der Waals surface area contributed by atoms with Crippen molar-refractivity contribution >= 4 is 0 Å². The summed E-state index contributed by atoms with van der Waals surface area (Å²) in [5, 5.41) is 3.67. The van der Waals surface area contributed by atoms with Gasteiger partial charge >= 0.3 is 0 Å². The second kappa shape index (κ2) is 7.31. The lowest BCUT2D eigenvalue weighted by atomic mass is 9.91. The van der Waals surface area contributed by atoms with Crippen molar-refractivity contribution in [1.29, 1.82) is 0 Å². The average molecular weight is 287 g/mol. The lowest BCUT2D eigenvalue weighted by Crippen LogP contribution is -2.29. The fourth-order valence-corrected chi connectivity index (χ4v) is 3.96. The molecule has 1 fully saturated rings. The van der Waals surface area contributed by atoms with Gasteiger partial charge in [-0.1, -0.05) is 38.3 Å². The van der Waals surface area contributed by atoms with E-state index in [1.54, 1.807) is 0 Å². The molecule has 116 valence electrons. The molecule has 1 N–H and O–H groups in total. The highest BCUT2D eigenvalue weighted by Gasteiger charge is 2.19. The van der Waals surface area contributed by atoms with Crippen LogP contribution in [0.2, 0.25) is 0 Å². The molecule has 0 amide bonds. The first-order valence-electron chi connectivity index (χ1n) is 8.83. The molecule has 0 saturated heterocycles. The maximum Gasteiger partial charge on any atom is 0.122 e. The molecule has 1 aliphatic heterocycles. The summed E-state index contributed by atoms with van der Waals surface area (Å²) in [6, 6.07) is 7.58. The van der Waals surface area contributed by atoms with E-state index in [-0.39, 0.29) is 0 Å². The number of benzene rings is 1. The molecule has 0 radical (unpaired) electrons. The highest BCUT2D eigenvalue weighted by atomic mass is 16.5. The van der Waals surface area contributed by atoms with Crippen LogP contribution < -0.4 is 10.1 Å². The molecule has 1 heterocycles. The van der Waals surface area contributed by atoms with Crippen molar-refractivity contribution in [2.75, 3.05) is 13.2 Å². The van der Waals surface area contributed by atoms with Gasteiger partial charge in [0.15, 0.2) is 0 Å². The Hall–Kier alpha value is -1.02. The van der Waals surface area contributed by atoms with Gasteiger partial charge in [0.2, 0.25) is 0 Å². The van der Waals surface area contributed by atoms with Crippen LogP contribution in [0.5, 0.6) is 5.75 Å². The molecule has 1 aromatic rings. The van der Waals surface area contributed by atoms with Crippen molar-refractivity contribution in [2.45, 2.75) is 64.3 Å². The lowest BCUT2D eigenvalue weighted by molar-refractivity contribution is 0.356. The summed E-state index contributed by atoms with van der Waals surface area (Å²) in [6.45, 7) is 4.21. The summed E-state index contributed by atoms with van der Waals surface area (Å²) in [6.07, 6.45) is 10.7. The van der Waals surface area contributed by atoms with E-state index in [1.165, 1.54) is 56.1 Å². The van der Waals surface area contributed by atoms with Crippen molar-refractivity contribution < 1.29 is 4.74 Å². The summed E-state index contributed by atoms with van der Waals surface area (Å²) in [4.78, 5) is 0. The van der Waals surface area contributed by atoms with Crippen LogP contribution in [-0.4, -0.2) is 19.2 Å². The van der Waals surface area contributed by atoms with E-state index in [2.05, 4.69) is 30.4 Å². The first kappa shape index (κ1) is 14.9. The van der Waals surface area contributed by atoms with E-state index in [1.807, 2.05) is 0 Å². The van der Waals surface area contributed by atoms with Gasteiger partial charge in [0.25, 0.3) is 0 Å². The number of hydrogen-bond donors (Lipinski definition) is 1. The molecule has 0 aromatic heterocycles. The summed E-state index contributed by atoms with van der Waals surface area (Å²) < 4.78 is 5.60. The van der Waals surface area contributed by atoms with E-state index in [9.17, 15) is 0 Å². The van der Waals surface area contributed by atoms with Gasteiger partial charge in [-0.15, -0.1) is 0 Å². The zero-order chi connectivity index (χ0) is 14.5. The van der Waals surface area contributed by atoms with E-state index < -0.39 is 0 Å². The van der Waals surface area contributed by atoms with Crippen LogP contribution in [0.25, 0.3) is 0 Å². The topological polar surface area (TPSA) is 21.3 Å². The van der Waals surface area contributed by atoms with Crippen molar-refractivity contribution in [3.8, 4) is 5.75 Å². The number of hydrogen-bond acceptors (Lipinski definition) is 2. The van der Waals surface area contributed by atoms with E-state index in [0.717, 1.165) is 37.3 Å². The molecule has 2 heteroatoms. The predicted molar refractivity (Wildman–Crippen MR) is 88.0 cm³/mol. The molecule has 1 aliphatic carbocycles. The second-order valence-corrected chi connectivity index (χ2v) is 6.72. The SMILES string of the molecule is CCNC1CCCCC(CCc2ccc3c(c2)CCO3)C1. The molecular weight excluding hydrogens is 258 g/mol. The maximum atomic E-state index is 5.60. The minimum Gasteiger partial charge on any atom is -0.493 e. The summed E-state index contributed by atoms with van der Waals surface area (Å²) in [5.41, 5.74) is 2.92. The molecular formula is C19H29NO. The zero-order valence-electron chi connectivity index (χ0n) is 13.4. The minimum absolute atomic E-state index is 0.760. The molecule has 1 saturated carbocycles. The summed E-state index contributed by atoms with van der Waals surface area (Å²) in [5.74, 6) is 2.02. The summed E-state index contributed by atoms with van der Waals surface area (Å²) >= 11 is 0. The third-order valence-electron chi connectivity index (χ3n) is 5.12. The number of nitrogens with one attached hydrogen (secondary N) is 1.